The molecule has 0 aliphatic rings. The Morgan fingerprint density at radius 1 is 1.12 bits per heavy atom. The average Bonchev–Trinajstić information content (AvgIpc) is 2.79. The van der Waals surface area contributed by atoms with Gasteiger partial charge in [0, 0.05) is 18.7 Å². The number of halogens is 3. The van der Waals surface area contributed by atoms with Crippen molar-refractivity contribution < 1.29 is 23.0 Å². The minimum absolute atomic E-state index is 0. The first-order valence-electron chi connectivity index (χ1n) is 10.3. The first kappa shape index (κ1) is 26.8. The van der Waals surface area contributed by atoms with E-state index in [4.69, 9.17) is 20.6 Å². The van der Waals surface area contributed by atoms with Crippen molar-refractivity contribution in [3.8, 4) is 11.5 Å². The lowest BCUT2D eigenvalue weighted by atomic mass is 10.1. The summed E-state index contributed by atoms with van der Waals surface area (Å²) in [7, 11) is 0. The van der Waals surface area contributed by atoms with Crippen LogP contribution in [0.1, 0.15) is 35.3 Å². The van der Waals surface area contributed by atoms with Gasteiger partial charge in [0.2, 0.25) is 0 Å². The zero-order chi connectivity index (χ0) is 24.0. The van der Waals surface area contributed by atoms with Gasteiger partial charge >= 0.3 is 0 Å². The average molecular weight is 490 g/mol. The van der Waals surface area contributed by atoms with Crippen LogP contribution in [0.5, 0.6) is 11.5 Å². The summed E-state index contributed by atoms with van der Waals surface area (Å²) >= 11 is 0. The zero-order valence-corrected chi connectivity index (χ0v) is 19.5. The lowest BCUT2D eigenvalue weighted by Crippen LogP contribution is -2.31. The number of carbonyl (C=O) groups excluding carboxylic acids is 1. The van der Waals surface area contributed by atoms with E-state index < -0.39 is 29.2 Å². The minimum Gasteiger partial charge on any atom is -0.454 e. The van der Waals surface area contributed by atoms with Crippen LogP contribution < -0.4 is 15.8 Å². The van der Waals surface area contributed by atoms with Crippen LogP contribution in [0.15, 0.2) is 60.7 Å². The summed E-state index contributed by atoms with van der Waals surface area (Å²) in [5.74, 6) is -2.51. The third-order valence-electron chi connectivity index (χ3n) is 4.87. The van der Waals surface area contributed by atoms with Gasteiger partial charge < -0.3 is 20.5 Å². The summed E-state index contributed by atoms with van der Waals surface area (Å²) < 4.78 is 41.0. The van der Waals surface area contributed by atoms with E-state index in [-0.39, 0.29) is 37.1 Å². The van der Waals surface area contributed by atoms with Crippen molar-refractivity contribution in [2.75, 3.05) is 6.61 Å². The number of carbonyl (C=O) groups is 1. The van der Waals surface area contributed by atoms with E-state index >= 15 is 4.39 Å². The normalized spacial score (nSPS) is 11.3. The van der Waals surface area contributed by atoms with Crippen molar-refractivity contribution in [2.45, 2.75) is 26.5 Å². The quantitative estimate of drug-likeness (QED) is 0.285. The van der Waals surface area contributed by atoms with Gasteiger partial charge in [-0.2, -0.15) is 0 Å². The van der Waals surface area contributed by atoms with Crippen LogP contribution in [0.3, 0.4) is 0 Å². The SMILES string of the molecule is CCO[C@H](C(=O)NCc1ccc(C(=N)N)cc1)c1c(F)ccc(Oc2cccc(C)c2)c1F.Cl. The second kappa shape index (κ2) is 12.1. The fourth-order valence-electron chi connectivity index (χ4n) is 3.22. The van der Waals surface area contributed by atoms with E-state index in [2.05, 4.69) is 5.32 Å². The summed E-state index contributed by atoms with van der Waals surface area (Å²) in [5.41, 5.74) is 7.10. The molecule has 0 aliphatic heterocycles. The van der Waals surface area contributed by atoms with Crippen molar-refractivity contribution in [1.29, 1.82) is 5.41 Å². The summed E-state index contributed by atoms with van der Waals surface area (Å²) in [6.45, 7) is 3.66. The highest BCUT2D eigenvalue weighted by atomic mass is 35.5. The first-order chi connectivity index (χ1) is 15.8. The molecular formula is C25H26ClF2N3O3. The van der Waals surface area contributed by atoms with E-state index in [1.165, 1.54) is 6.07 Å². The summed E-state index contributed by atoms with van der Waals surface area (Å²) in [4.78, 5) is 12.8. The number of benzene rings is 3. The first-order valence-corrected chi connectivity index (χ1v) is 10.3. The maximum Gasteiger partial charge on any atom is 0.254 e. The topological polar surface area (TPSA) is 97.4 Å². The third-order valence-corrected chi connectivity index (χ3v) is 4.87. The number of amides is 1. The fraction of sp³-hybridized carbons (Fsp3) is 0.200. The van der Waals surface area contributed by atoms with E-state index in [0.717, 1.165) is 17.2 Å². The largest absolute Gasteiger partial charge is 0.454 e. The lowest BCUT2D eigenvalue weighted by molar-refractivity contribution is -0.133. The molecule has 1 atom stereocenters. The molecule has 180 valence electrons. The van der Waals surface area contributed by atoms with Crippen LogP contribution in [-0.2, 0) is 16.1 Å². The van der Waals surface area contributed by atoms with Crippen LogP contribution in [0.2, 0.25) is 0 Å². The molecule has 3 aromatic rings. The molecule has 9 heteroatoms. The number of hydrogen-bond donors (Lipinski definition) is 3. The molecule has 3 aromatic carbocycles. The van der Waals surface area contributed by atoms with Gasteiger partial charge in [-0.05, 0) is 49.2 Å². The molecule has 0 saturated carbocycles. The Morgan fingerprint density at radius 2 is 1.82 bits per heavy atom. The predicted octanol–water partition coefficient (Wildman–Crippen LogP) is 5.17. The molecule has 0 spiro atoms. The number of hydrogen-bond acceptors (Lipinski definition) is 4. The van der Waals surface area contributed by atoms with E-state index in [9.17, 15) is 9.18 Å². The minimum atomic E-state index is -1.51. The summed E-state index contributed by atoms with van der Waals surface area (Å²) in [6, 6.07) is 15.9. The van der Waals surface area contributed by atoms with Gasteiger partial charge in [-0.1, -0.05) is 36.4 Å². The van der Waals surface area contributed by atoms with Gasteiger partial charge in [-0.15, -0.1) is 12.4 Å². The van der Waals surface area contributed by atoms with Crippen LogP contribution in [0.4, 0.5) is 8.78 Å². The van der Waals surface area contributed by atoms with Gasteiger partial charge in [0.1, 0.15) is 17.4 Å². The third kappa shape index (κ3) is 6.52. The monoisotopic (exact) mass is 489 g/mol. The van der Waals surface area contributed by atoms with Gasteiger partial charge in [-0.25, -0.2) is 8.78 Å². The van der Waals surface area contributed by atoms with Crippen LogP contribution in [0, 0.1) is 24.0 Å². The van der Waals surface area contributed by atoms with Crippen LogP contribution in [0.25, 0.3) is 0 Å². The number of nitrogen functional groups attached to an aromatic ring is 1. The van der Waals surface area contributed by atoms with Crippen molar-refractivity contribution in [1.82, 2.24) is 5.32 Å². The second-order valence-electron chi connectivity index (χ2n) is 7.36. The predicted molar refractivity (Wildman–Crippen MR) is 129 cm³/mol. The van der Waals surface area contributed by atoms with Crippen LogP contribution in [-0.4, -0.2) is 18.3 Å². The van der Waals surface area contributed by atoms with Gasteiger partial charge in [0.05, 0.1) is 5.56 Å². The van der Waals surface area contributed by atoms with Crippen LogP contribution >= 0.6 is 12.4 Å². The van der Waals surface area contributed by atoms with E-state index in [1.807, 2.05) is 13.0 Å². The maximum absolute atomic E-state index is 15.3. The Balaban J connectivity index is 0.00000408. The Kier molecular flexibility index (Phi) is 9.53. The molecule has 0 saturated heterocycles. The molecule has 0 fully saturated rings. The maximum atomic E-state index is 15.3. The molecule has 4 N–H and O–H groups in total. The zero-order valence-electron chi connectivity index (χ0n) is 18.7. The molecule has 6 nitrogen and oxygen atoms in total. The standard InChI is InChI=1S/C25H25F2N3O3.ClH/c1-3-32-23(25(31)30-14-16-7-9-17(10-8-16)24(28)29)21-19(26)11-12-20(22(21)27)33-18-6-4-5-15(2)13-18;/h4-13,23H,3,14H2,1-2H3,(H3,28,29)(H,30,31);1H/t23-;/m0./s1. The van der Waals surface area contributed by atoms with Crippen molar-refractivity contribution >= 4 is 24.1 Å². The Labute approximate surface area is 203 Å². The highest BCUT2D eigenvalue weighted by molar-refractivity contribution is 5.94. The molecule has 0 aromatic heterocycles. The van der Waals surface area contributed by atoms with Crippen molar-refractivity contribution in [3.05, 3.63) is 94.6 Å². The van der Waals surface area contributed by atoms with Crippen molar-refractivity contribution in [2.24, 2.45) is 5.73 Å². The van der Waals surface area contributed by atoms with E-state index in [0.29, 0.717) is 11.3 Å². The molecule has 0 unspecified atom stereocenters. The molecule has 0 radical (unpaired) electrons. The Morgan fingerprint density at radius 3 is 2.44 bits per heavy atom. The highest BCUT2D eigenvalue weighted by Gasteiger charge is 2.30. The molecule has 1 amide bonds. The van der Waals surface area contributed by atoms with Crippen molar-refractivity contribution in [3.63, 3.8) is 0 Å². The number of ether oxygens (including phenoxy) is 2. The second-order valence-corrected chi connectivity index (χ2v) is 7.36. The lowest BCUT2D eigenvalue weighted by Gasteiger charge is -2.20. The Bertz CT molecular complexity index is 1160. The summed E-state index contributed by atoms with van der Waals surface area (Å²) in [6.07, 6.45) is -1.51. The fourth-order valence-corrected chi connectivity index (χ4v) is 3.22. The van der Waals surface area contributed by atoms with Gasteiger partial charge in [0.25, 0.3) is 5.91 Å². The smallest absolute Gasteiger partial charge is 0.254 e. The summed E-state index contributed by atoms with van der Waals surface area (Å²) in [5, 5.41) is 10.1. The van der Waals surface area contributed by atoms with Gasteiger partial charge in [0.15, 0.2) is 17.7 Å². The molecular weight excluding hydrogens is 464 g/mol. The number of nitrogens with two attached hydrogens (primary N) is 1. The number of rotatable bonds is 9. The molecule has 34 heavy (non-hydrogen) atoms. The van der Waals surface area contributed by atoms with Gasteiger partial charge in [-0.3, -0.25) is 10.2 Å². The molecule has 0 aliphatic carbocycles. The Hall–Kier alpha value is -3.49. The number of nitrogens with one attached hydrogen (secondary N) is 2. The van der Waals surface area contributed by atoms with E-state index in [1.54, 1.807) is 49.4 Å². The molecule has 0 heterocycles. The molecule has 3 rings (SSSR count). The number of aryl methyl sites for hydroxylation is 1. The molecule has 0 bridgehead atoms. The number of amidine groups is 1. The highest BCUT2D eigenvalue weighted by Crippen LogP contribution is 2.33.